The van der Waals surface area contributed by atoms with E-state index in [9.17, 15) is 0 Å². The van der Waals surface area contributed by atoms with Crippen LogP contribution in [-0.4, -0.2) is 12.6 Å². The van der Waals surface area contributed by atoms with E-state index in [0.29, 0.717) is 5.02 Å². The van der Waals surface area contributed by atoms with Crippen LogP contribution in [0.4, 0.5) is 0 Å². The zero-order valence-corrected chi connectivity index (χ0v) is 10.8. The van der Waals surface area contributed by atoms with E-state index in [-0.39, 0.29) is 5.54 Å². The molecule has 0 bridgehead atoms. The topological polar surface area (TPSA) is 35.2 Å². The molecule has 0 unspecified atom stereocenters. The maximum Gasteiger partial charge on any atom is 0.141 e. The molecule has 0 aliphatic heterocycles. The highest BCUT2D eigenvalue weighted by Gasteiger charge is 2.39. The molecule has 3 heteroatoms. The number of ether oxygens (including phenoxy) is 1. The highest BCUT2D eigenvalue weighted by Crippen LogP contribution is 2.41. The van der Waals surface area contributed by atoms with Crippen LogP contribution in [0.15, 0.2) is 6.07 Å². The maximum absolute atomic E-state index is 6.25. The number of benzene rings is 1. The Morgan fingerprint density at radius 1 is 1.38 bits per heavy atom. The third-order valence-corrected chi connectivity index (χ3v) is 3.82. The van der Waals surface area contributed by atoms with Crippen LogP contribution in [0, 0.1) is 13.8 Å². The summed E-state index contributed by atoms with van der Waals surface area (Å²) in [6.07, 6.45) is 3.06. The van der Waals surface area contributed by atoms with Gasteiger partial charge in [-0.05, 0) is 44.2 Å². The van der Waals surface area contributed by atoms with Crippen molar-refractivity contribution in [2.24, 2.45) is 5.73 Å². The van der Waals surface area contributed by atoms with Crippen molar-refractivity contribution in [1.82, 2.24) is 0 Å². The molecule has 0 aromatic heterocycles. The molecule has 1 aromatic carbocycles. The number of methoxy groups -OCH3 is 1. The van der Waals surface area contributed by atoms with Gasteiger partial charge in [0.15, 0.2) is 0 Å². The van der Waals surface area contributed by atoms with Gasteiger partial charge >= 0.3 is 0 Å². The molecule has 1 aliphatic rings. The van der Waals surface area contributed by atoms with Crippen molar-refractivity contribution in [3.05, 3.63) is 27.8 Å². The van der Waals surface area contributed by atoms with E-state index in [1.54, 1.807) is 7.11 Å². The van der Waals surface area contributed by atoms with Crippen molar-refractivity contribution < 1.29 is 4.74 Å². The first-order chi connectivity index (χ1) is 7.47. The van der Waals surface area contributed by atoms with E-state index >= 15 is 0 Å². The molecule has 1 aromatic rings. The van der Waals surface area contributed by atoms with Crippen LogP contribution >= 0.6 is 11.6 Å². The summed E-state index contributed by atoms with van der Waals surface area (Å²) in [5, 5.41) is 0.715. The van der Waals surface area contributed by atoms with Crippen LogP contribution in [0.3, 0.4) is 0 Å². The monoisotopic (exact) mass is 239 g/mol. The maximum atomic E-state index is 6.25. The van der Waals surface area contributed by atoms with Crippen LogP contribution < -0.4 is 10.5 Å². The molecular formula is C13H18ClNO. The molecule has 0 amide bonds. The molecule has 2 rings (SSSR count). The van der Waals surface area contributed by atoms with Crippen LogP contribution in [0.25, 0.3) is 0 Å². The van der Waals surface area contributed by atoms with Crippen molar-refractivity contribution in [3.8, 4) is 5.75 Å². The van der Waals surface area contributed by atoms with Gasteiger partial charge in [0.1, 0.15) is 5.75 Å². The predicted octanol–water partition coefficient (Wildman–Crippen LogP) is 3.00. The second-order valence-corrected chi connectivity index (χ2v) is 5.25. The largest absolute Gasteiger partial charge is 0.495 e. The van der Waals surface area contributed by atoms with E-state index in [1.807, 2.05) is 6.92 Å². The fraction of sp³-hybridized carbons (Fsp3) is 0.538. The second-order valence-electron chi connectivity index (χ2n) is 4.88. The fourth-order valence-electron chi connectivity index (χ4n) is 2.09. The average Bonchev–Trinajstić information content (AvgIpc) is 2.94. The average molecular weight is 240 g/mol. The van der Waals surface area contributed by atoms with E-state index in [2.05, 4.69) is 13.0 Å². The molecule has 0 radical (unpaired) electrons. The first-order valence-electron chi connectivity index (χ1n) is 5.58. The number of rotatable bonds is 3. The van der Waals surface area contributed by atoms with Crippen LogP contribution in [-0.2, 0) is 6.42 Å². The van der Waals surface area contributed by atoms with Gasteiger partial charge in [0.25, 0.3) is 0 Å². The quantitative estimate of drug-likeness (QED) is 0.880. The molecule has 0 atom stereocenters. The zero-order chi connectivity index (χ0) is 11.9. The lowest BCUT2D eigenvalue weighted by Crippen LogP contribution is -2.25. The lowest BCUT2D eigenvalue weighted by Gasteiger charge is -2.18. The number of nitrogens with two attached hydrogens (primary N) is 1. The minimum atomic E-state index is -0.0172. The molecular weight excluding hydrogens is 222 g/mol. The van der Waals surface area contributed by atoms with E-state index in [4.69, 9.17) is 22.1 Å². The van der Waals surface area contributed by atoms with Gasteiger partial charge in [-0.2, -0.15) is 0 Å². The van der Waals surface area contributed by atoms with Crippen LogP contribution in [0.2, 0.25) is 5.02 Å². The Morgan fingerprint density at radius 3 is 2.50 bits per heavy atom. The van der Waals surface area contributed by atoms with Gasteiger partial charge in [0.2, 0.25) is 0 Å². The Hall–Kier alpha value is -0.730. The summed E-state index contributed by atoms with van der Waals surface area (Å²) in [4.78, 5) is 0. The zero-order valence-electron chi connectivity index (χ0n) is 10.1. The van der Waals surface area contributed by atoms with E-state index in [0.717, 1.165) is 36.1 Å². The number of hydrogen-bond acceptors (Lipinski definition) is 2. The van der Waals surface area contributed by atoms with Crippen molar-refractivity contribution >= 4 is 11.6 Å². The van der Waals surface area contributed by atoms with Crippen molar-refractivity contribution in [2.75, 3.05) is 7.11 Å². The van der Waals surface area contributed by atoms with Gasteiger partial charge < -0.3 is 10.5 Å². The van der Waals surface area contributed by atoms with Crippen LogP contribution in [0.1, 0.15) is 29.5 Å². The summed E-state index contributed by atoms with van der Waals surface area (Å²) in [6.45, 7) is 4.09. The molecule has 16 heavy (non-hydrogen) atoms. The Labute approximate surface area is 102 Å². The number of aryl methyl sites for hydroxylation is 2. The van der Waals surface area contributed by atoms with Gasteiger partial charge in [-0.15, -0.1) is 0 Å². The Kier molecular flexibility index (Phi) is 2.89. The van der Waals surface area contributed by atoms with Gasteiger partial charge in [-0.25, -0.2) is 0 Å². The van der Waals surface area contributed by atoms with Gasteiger partial charge in [0.05, 0.1) is 12.1 Å². The minimum Gasteiger partial charge on any atom is -0.495 e. The Morgan fingerprint density at radius 2 is 2.00 bits per heavy atom. The first-order valence-corrected chi connectivity index (χ1v) is 5.96. The van der Waals surface area contributed by atoms with E-state index < -0.39 is 0 Å². The Bertz CT molecular complexity index is 424. The van der Waals surface area contributed by atoms with Crippen molar-refractivity contribution in [1.29, 1.82) is 0 Å². The summed E-state index contributed by atoms with van der Waals surface area (Å²) < 4.78 is 5.42. The summed E-state index contributed by atoms with van der Waals surface area (Å²) in [7, 11) is 1.67. The van der Waals surface area contributed by atoms with Crippen LogP contribution in [0.5, 0.6) is 5.75 Å². The fourth-order valence-corrected chi connectivity index (χ4v) is 2.33. The lowest BCUT2D eigenvalue weighted by molar-refractivity contribution is 0.406. The summed E-state index contributed by atoms with van der Waals surface area (Å²) in [6, 6.07) is 2.10. The van der Waals surface area contributed by atoms with Gasteiger partial charge in [-0.1, -0.05) is 17.7 Å². The minimum absolute atomic E-state index is 0.0172. The molecule has 88 valence electrons. The number of halogens is 1. The van der Waals surface area contributed by atoms with Crippen molar-refractivity contribution in [3.63, 3.8) is 0 Å². The molecule has 0 heterocycles. The SMILES string of the molecule is COc1c(Cl)c(C)cc(C)c1CC1(N)CC1. The van der Waals surface area contributed by atoms with Gasteiger partial charge in [0, 0.05) is 11.1 Å². The third-order valence-electron chi connectivity index (χ3n) is 3.35. The summed E-state index contributed by atoms with van der Waals surface area (Å²) in [5.74, 6) is 0.802. The van der Waals surface area contributed by atoms with E-state index in [1.165, 1.54) is 5.56 Å². The summed E-state index contributed by atoms with van der Waals surface area (Å²) >= 11 is 6.25. The standard InChI is InChI=1S/C13H18ClNO/c1-8-6-9(2)11(14)12(16-3)10(8)7-13(15)4-5-13/h6H,4-5,7,15H2,1-3H3. The van der Waals surface area contributed by atoms with Gasteiger partial charge in [-0.3, -0.25) is 0 Å². The predicted molar refractivity (Wildman–Crippen MR) is 67.3 cm³/mol. The third kappa shape index (κ3) is 2.04. The highest BCUT2D eigenvalue weighted by molar-refractivity contribution is 6.33. The highest BCUT2D eigenvalue weighted by atomic mass is 35.5. The smallest absolute Gasteiger partial charge is 0.141 e. The molecule has 0 saturated heterocycles. The number of hydrogen-bond donors (Lipinski definition) is 1. The normalized spacial score (nSPS) is 17.3. The molecule has 0 spiro atoms. The molecule has 1 fully saturated rings. The second kappa shape index (κ2) is 3.94. The molecule has 1 aliphatic carbocycles. The summed E-state index contributed by atoms with van der Waals surface area (Å²) in [5.41, 5.74) is 9.58. The van der Waals surface area contributed by atoms with Crippen molar-refractivity contribution in [2.45, 2.75) is 38.6 Å². The lowest BCUT2D eigenvalue weighted by atomic mass is 9.97. The first kappa shape index (κ1) is 11.7. The Balaban J connectivity index is 2.45. The molecule has 2 N–H and O–H groups in total. The molecule has 1 saturated carbocycles. The molecule has 2 nitrogen and oxygen atoms in total.